The number of nitrogens with zero attached hydrogens (tertiary/aromatic N) is 1. The lowest BCUT2D eigenvalue weighted by Gasteiger charge is -2.14. The summed E-state index contributed by atoms with van der Waals surface area (Å²) in [5, 5.41) is 3.46. The molecular formula is C19H20ClN3O3S2. The Morgan fingerprint density at radius 2 is 2.04 bits per heavy atom. The lowest BCUT2D eigenvalue weighted by molar-refractivity contribution is -0.122. The monoisotopic (exact) mass is 437 g/mol. The number of hydrogen-bond donors (Lipinski definition) is 2. The van der Waals surface area contributed by atoms with Crippen molar-refractivity contribution in [3.05, 3.63) is 64.7 Å². The van der Waals surface area contributed by atoms with Crippen LogP contribution in [0, 0.1) is 0 Å². The molecule has 0 bridgehead atoms. The van der Waals surface area contributed by atoms with Crippen LogP contribution in [0.3, 0.4) is 0 Å². The van der Waals surface area contributed by atoms with E-state index in [4.69, 9.17) is 11.6 Å². The first kappa shape index (κ1) is 20.7. The van der Waals surface area contributed by atoms with Gasteiger partial charge in [-0.1, -0.05) is 35.9 Å². The number of rotatable bonds is 7. The molecule has 2 aromatic rings. The number of halogens is 1. The second-order valence-electron chi connectivity index (χ2n) is 6.22. The maximum absolute atomic E-state index is 12.7. The molecule has 1 atom stereocenters. The van der Waals surface area contributed by atoms with Gasteiger partial charge in [-0.2, -0.15) is 11.8 Å². The molecule has 0 radical (unpaired) electrons. The minimum Gasteiger partial charge on any atom is -0.350 e. The molecule has 9 heteroatoms. The Kier molecular flexibility index (Phi) is 6.64. The predicted octanol–water partition coefficient (Wildman–Crippen LogP) is 2.82. The summed E-state index contributed by atoms with van der Waals surface area (Å²) < 4.78 is 27.0. The highest BCUT2D eigenvalue weighted by molar-refractivity contribution is 7.98. The van der Waals surface area contributed by atoms with Crippen LogP contribution < -0.4 is 10.0 Å². The van der Waals surface area contributed by atoms with E-state index in [1.807, 2.05) is 18.4 Å². The van der Waals surface area contributed by atoms with Crippen molar-refractivity contribution in [1.82, 2.24) is 10.0 Å². The smallest absolute Gasteiger partial charge is 0.263 e. The molecular weight excluding hydrogens is 418 g/mol. The Hall–Kier alpha value is -2.03. The van der Waals surface area contributed by atoms with Gasteiger partial charge in [0.05, 0.1) is 4.90 Å². The van der Waals surface area contributed by atoms with Crippen molar-refractivity contribution in [2.75, 3.05) is 12.0 Å². The van der Waals surface area contributed by atoms with E-state index in [1.165, 1.54) is 6.07 Å². The fourth-order valence-electron chi connectivity index (χ4n) is 2.82. The van der Waals surface area contributed by atoms with E-state index in [0.29, 0.717) is 23.6 Å². The quantitative estimate of drug-likeness (QED) is 0.697. The summed E-state index contributed by atoms with van der Waals surface area (Å²) >= 11 is 7.58. The van der Waals surface area contributed by atoms with Crippen LogP contribution in [0.5, 0.6) is 0 Å². The lowest BCUT2D eigenvalue weighted by Crippen LogP contribution is -2.35. The maximum Gasteiger partial charge on any atom is 0.263 e. The zero-order valence-corrected chi connectivity index (χ0v) is 17.6. The van der Waals surface area contributed by atoms with Gasteiger partial charge in [-0.05, 0) is 48.3 Å². The van der Waals surface area contributed by atoms with Crippen molar-refractivity contribution in [3.8, 4) is 0 Å². The zero-order chi connectivity index (χ0) is 20.1. The number of nitrogens with one attached hydrogen (secondary N) is 2. The number of fused-ring (bicyclic) bond motifs is 1. The second kappa shape index (κ2) is 8.98. The maximum atomic E-state index is 12.7. The standard InChI is InChI=1S/C19H20ClN3O3S2/c1-27-10-9-16(19(24)21-12-13-5-4-6-14(20)11-13)22-18-15-7-2-3-8-17(15)28(25,26)23-18/h2-8,11,16H,9-10,12H2,1H3,(H,21,24)(H,22,23)/t16-/m1/s1. The van der Waals surface area contributed by atoms with E-state index in [1.54, 1.807) is 42.1 Å². The number of hydrogen-bond acceptors (Lipinski definition) is 5. The molecule has 0 aliphatic carbocycles. The van der Waals surface area contributed by atoms with E-state index in [-0.39, 0.29) is 16.6 Å². The predicted molar refractivity (Wildman–Crippen MR) is 113 cm³/mol. The number of amides is 1. The van der Waals surface area contributed by atoms with E-state index in [9.17, 15) is 13.2 Å². The van der Waals surface area contributed by atoms with Crippen molar-refractivity contribution >= 4 is 45.1 Å². The molecule has 1 heterocycles. The van der Waals surface area contributed by atoms with E-state index in [0.717, 1.165) is 11.3 Å². The second-order valence-corrected chi connectivity index (χ2v) is 9.30. The minimum absolute atomic E-state index is 0.178. The van der Waals surface area contributed by atoms with Gasteiger partial charge in [0.25, 0.3) is 10.0 Å². The van der Waals surface area contributed by atoms with Crippen molar-refractivity contribution in [1.29, 1.82) is 0 Å². The molecule has 1 amide bonds. The van der Waals surface area contributed by atoms with Gasteiger partial charge in [0, 0.05) is 17.1 Å². The molecule has 1 aliphatic heterocycles. The van der Waals surface area contributed by atoms with Gasteiger partial charge in [0.2, 0.25) is 5.91 Å². The molecule has 0 spiro atoms. The van der Waals surface area contributed by atoms with Crippen LogP contribution in [-0.2, 0) is 21.4 Å². The molecule has 28 heavy (non-hydrogen) atoms. The van der Waals surface area contributed by atoms with Crippen molar-refractivity contribution < 1.29 is 13.2 Å². The lowest BCUT2D eigenvalue weighted by atomic mass is 10.1. The summed E-state index contributed by atoms with van der Waals surface area (Å²) in [5.74, 6) is 0.671. The summed E-state index contributed by atoms with van der Waals surface area (Å²) in [4.78, 5) is 17.4. The minimum atomic E-state index is -3.64. The third-order valence-electron chi connectivity index (χ3n) is 4.20. The fourth-order valence-corrected chi connectivity index (χ4v) is 4.73. The van der Waals surface area contributed by atoms with Gasteiger partial charge in [-0.3, -0.25) is 14.5 Å². The summed E-state index contributed by atoms with van der Waals surface area (Å²) in [6, 6.07) is 13.1. The van der Waals surface area contributed by atoms with Crippen LogP contribution in [0.4, 0.5) is 0 Å². The number of amidine groups is 1. The highest BCUT2D eigenvalue weighted by atomic mass is 35.5. The number of carbonyl (C=O) groups excluding carboxylic acids is 1. The third-order valence-corrected chi connectivity index (χ3v) is 6.48. The summed E-state index contributed by atoms with van der Waals surface area (Å²) in [6.45, 7) is 0.322. The first-order valence-corrected chi connectivity index (χ1v) is 11.9. The third kappa shape index (κ3) is 4.87. The van der Waals surface area contributed by atoms with Crippen LogP contribution in [0.15, 0.2) is 58.4 Å². The van der Waals surface area contributed by atoms with Crippen LogP contribution in [-0.4, -0.2) is 38.2 Å². The van der Waals surface area contributed by atoms with Crippen molar-refractivity contribution in [2.24, 2.45) is 4.99 Å². The molecule has 2 aromatic carbocycles. The zero-order valence-electron chi connectivity index (χ0n) is 15.2. The average Bonchev–Trinajstić information content (AvgIpc) is 2.94. The summed E-state index contributed by atoms with van der Waals surface area (Å²) in [7, 11) is -3.64. The van der Waals surface area contributed by atoms with Gasteiger partial charge in [-0.15, -0.1) is 0 Å². The largest absolute Gasteiger partial charge is 0.350 e. The van der Waals surface area contributed by atoms with Gasteiger partial charge < -0.3 is 5.32 Å². The molecule has 6 nitrogen and oxygen atoms in total. The Balaban J connectivity index is 1.80. The molecule has 148 valence electrons. The molecule has 2 N–H and O–H groups in total. The van der Waals surface area contributed by atoms with Gasteiger partial charge in [-0.25, -0.2) is 8.42 Å². The normalized spacial score (nSPS) is 17.0. The van der Waals surface area contributed by atoms with Gasteiger partial charge in [0.15, 0.2) is 0 Å². The Bertz CT molecular complexity index is 1010. The fraction of sp³-hybridized carbons (Fsp3) is 0.263. The molecule has 0 unspecified atom stereocenters. The summed E-state index contributed by atoms with van der Waals surface area (Å²) in [5.41, 5.74) is 1.36. The number of thioether (sulfide) groups is 1. The molecule has 0 fully saturated rings. The van der Waals surface area contributed by atoms with Crippen LogP contribution >= 0.6 is 23.4 Å². The van der Waals surface area contributed by atoms with Crippen LogP contribution in [0.1, 0.15) is 17.5 Å². The van der Waals surface area contributed by atoms with Crippen molar-refractivity contribution in [3.63, 3.8) is 0 Å². The first-order chi connectivity index (χ1) is 13.4. The van der Waals surface area contributed by atoms with Gasteiger partial charge >= 0.3 is 0 Å². The number of aliphatic imine (C=N–C) groups is 1. The highest BCUT2D eigenvalue weighted by Crippen LogP contribution is 2.23. The average molecular weight is 438 g/mol. The summed E-state index contributed by atoms with van der Waals surface area (Å²) in [6.07, 6.45) is 2.44. The SMILES string of the molecule is CSCC[C@@H](N=C1NS(=O)(=O)c2ccccc21)C(=O)NCc1cccc(Cl)c1. The van der Waals surface area contributed by atoms with Crippen LogP contribution in [0.25, 0.3) is 0 Å². The Labute approximate surface area is 173 Å². The molecule has 0 saturated carbocycles. The van der Waals surface area contributed by atoms with Gasteiger partial charge in [0.1, 0.15) is 11.9 Å². The van der Waals surface area contributed by atoms with E-state index < -0.39 is 16.1 Å². The topological polar surface area (TPSA) is 87.6 Å². The molecule has 1 aliphatic rings. The first-order valence-electron chi connectivity index (χ1n) is 8.62. The number of benzene rings is 2. The van der Waals surface area contributed by atoms with E-state index >= 15 is 0 Å². The number of carbonyl (C=O) groups is 1. The Morgan fingerprint density at radius 3 is 2.79 bits per heavy atom. The molecule has 0 aromatic heterocycles. The molecule has 3 rings (SSSR count). The van der Waals surface area contributed by atoms with Crippen molar-refractivity contribution in [2.45, 2.75) is 23.9 Å². The highest BCUT2D eigenvalue weighted by Gasteiger charge is 2.31. The number of sulfonamides is 1. The molecule has 0 saturated heterocycles. The van der Waals surface area contributed by atoms with E-state index in [2.05, 4.69) is 15.0 Å². The van der Waals surface area contributed by atoms with Crippen LogP contribution in [0.2, 0.25) is 5.02 Å². The Morgan fingerprint density at radius 1 is 1.25 bits per heavy atom.